The van der Waals surface area contributed by atoms with E-state index in [9.17, 15) is 4.79 Å². The highest BCUT2D eigenvalue weighted by molar-refractivity contribution is 5.82. The van der Waals surface area contributed by atoms with E-state index in [1.54, 1.807) is 0 Å². The van der Waals surface area contributed by atoms with Crippen LogP contribution in [0.3, 0.4) is 0 Å². The van der Waals surface area contributed by atoms with E-state index in [1.807, 2.05) is 72.5 Å². The SMILES string of the molecule is CC(N)C1CCCN(C(=O)C(Oc2ccccc2)c2ccccc2)C1. The molecular formula is C21H26N2O2. The quantitative estimate of drug-likeness (QED) is 0.909. The number of nitrogens with zero attached hydrogens (tertiary/aromatic N) is 1. The average molecular weight is 338 g/mol. The molecule has 1 fully saturated rings. The van der Waals surface area contributed by atoms with E-state index >= 15 is 0 Å². The number of hydrogen-bond donors (Lipinski definition) is 1. The minimum absolute atomic E-state index is 0.0143. The molecule has 0 radical (unpaired) electrons. The van der Waals surface area contributed by atoms with Crippen LogP contribution in [0, 0.1) is 5.92 Å². The van der Waals surface area contributed by atoms with Crippen LogP contribution in [0.5, 0.6) is 5.75 Å². The van der Waals surface area contributed by atoms with Crippen molar-refractivity contribution in [1.29, 1.82) is 0 Å². The number of piperidine rings is 1. The van der Waals surface area contributed by atoms with Crippen LogP contribution in [0.15, 0.2) is 60.7 Å². The van der Waals surface area contributed by atoms with Gasteiger partial charge in [0, 0.05) is 24.7 Å². The number of hydrogen-bond acceptors (Lipinski definition) is 3. The number of carbonyl (C=O) groups is 1. The molecule has 1 amide bonds. The minimum atomic E-state index is -0.629. The van der Waals surface area contributed by atoms with Crippen LogP contribution >= 0.6 is 0 Å². The first-order valence-electron chi connectivity index (χ1n) is 8.96. The molecule has 2 N–H and O–H groups in total. The van der Waals surface area contributed by atoms with Gasteiger partial charge in [-0.3, -0.25) is 4.79 Å². The number of rotatable bonds is 5. The normalized spacial score (nSPS) is 19.9. The van der Waals surface area contributed by atoms with Crippen molar-refractivity contribution in [1.82, 2.24) is 4.90 Å². The molecule has 0 aromatic heterocycles. The molecular weight excluding hydrogens is 312 g/mol. The predicted molar refractivity (Wildman–Crippen MR) is 99.2 cm³/mol. The van der Waals surface area contributed by atoms with Crippen LogP contribution in [-0.2, 0) is 4.79 Å². The Labute approximate surface area is 149 Å². The zero-order valence-electron chi connectivity index (χ0n) is 14.7. The summed E-state index contributed by atoms with van der Waals surface area (Å²) in [6.45, 7) is 3.50. The Morgan fingerprint density at radius 1 is 1.12 bits per heavy atom. The van der Waals surface area contributed by atoms with Crippen LogP contribution < -0.4 is 10.5 Å². The molecule has 1 saturated heterocycles. The van der Waals surface area contributed by atoms with E-state index in [0.29, 0.717) is 18.2 Å². The van der Waals surface area contributed by atoms with Gasteiger partial charge in [-0.05, 0) is 37.8 Å². The number of carbonyl (C=O) groups excluding carboxylic acids is 1. The topological polar surface area (TPSA) is 55.6 Å². The van der Waals surface area contributed by atoms with Crippen molar-refractivity contribution >= 4 is 5.91 Å². The van der Waals surface area contributed by atoms with Crippen molar-refractivity contribution in [3.8, 4) is 5.75 Å². The first kappa shape index (κ1) is 17.5. The standard InChI is InChI=1S/C21H26N2O2/c1-16(22)18-11-8-14-23(15-18)21(24)20(17-9-4-2-5-10-17)25-19-12-6-3-7-13-19/h2-7,9-10,12-13,16,18,20H,8,11,14-15,22H2,1H3. The Morgan fingerprint density at radius 2 is 1.76 bits per heavy atom. The molecule has 3 unspecified atom stereocenters. The lowest BCUT2D eigenvalue weighted by molar-refractivity contribution is -0.141. The molecule has 1 aliphatic rings. The summed E-state index contributed by atoms with van der Waals surface area (Å²) in [7, 11) is 0. The van der Waals surface area contributed by atoms with Gasteiger partial charge in [-0.2, -0.15) is 0 Å². The van der Waals surface area contributed by atoms with Gasteiger partial charge in [0.25, 0.3) is 5.91 Å². The Bertz CT molecular complexity index is 673. The van der Waals surface area contributed by atoms with Gasteiger partial charge >= 0.3 is 0 Å². The molecule has 2 aromatic rings. The van der Waals surface area contributed by atoms with E-state index in [1.165, 1.54) is 0 Å². The highest BCUT2D eigenvalue weighted by Crippen LogP contribution is 2.27. The van der Waals surface area contributed by atoms with Crippen molar-refractivity contribution in [3.05, 3.63) is 66.2 Å². The summed E-state index contributed by atoms with van der Waals surface area (Å²) in [6, 6.07) is 19.3. The third kappa shape index (κ3) is 4.40. The van der Waals surface area contributed by atoms with E-state index in [4.69, 9.17) is 10.5 Å². The van der Waals surface area contributed by atoms with E-state index in [-0.39, 0.29) is 11.9 Å². The Morgan fingerprint density at radius 3 is 2.40 bits per heavy atom. The number of likely N-dealkylation sites (tertiary alicyclic amines) is 1. The molecule has 4 heteroatoms. The van der Waals surface area contributed by atoms with E-state index in [2.05, 4.69) is 0 Å². The maximum atomic E-state index is 13.2. The van der Waals surface area contributed by atoms with Gasteiger partial charge in [0.05, 0.1) is 0 Å². The van der Waals surface area contributed by atoms with Crippen LogP contribution in [0.2, 0.25) is 0 Å². The summed E-state index contributed by atoms with van der Waals surface area (Å²) in [6.07, 6.45) is 1.44. The van der Waals surface area contributed by atoms with E-state index in [0.717, 1.165) is 24.9 Å². The summed E-state index contributed by atoms with van der Waals surface area (Å²) in [5.41, 5.74) is 6.95. The zero-order valence-corrected chi connectivity index (χ0v) is 14.7. The van der Waals surface area contributed by atoms with Gasteiger partial charge in [0.2, 0.25) is 6.10 Å². The summed E-state index contributed by atoms with van der Waals surface area (Å²) in [4.78, 5) is 15.1. The zero-order chi connectivity index (χ0) is 17.6. The second-order valence-corrected chi connectivity index (χ2v) is 6.77. The fourth-order valence-corrected chi connectivity index (χ4v) is 3.33. The van der Waals surface area contributed by atoms with Crippen LogP contribution in [-0.4, -0.2) is 29.9 Å². The van der Waals surface area contributed by atoms with Crippen LogP contribution in [0.25, 0.3) is 0 Å². The second-order valence-electron chi connectivity index (χ2n) is 6.77. The molecule has 25 heavy (non-hydrogen) atoms. The third-order valence-electron chi connectivity index (χ3n) is 4.84. The Balaban J connectivity index is 1.82. The van der Waals surface area contributed by atoms with E-state index < -0.39 is 6.10 Å². The summed E-state index contributed by atoms with van der Waals surface area (Å²) < 4.78 is 6.09. The third-order valence-corrected chi connectivity index (χ3v) is 4.84. The Kier molecular flexibility index (Phi) is 5.71. The second kappa shape index (κ2) is 8.17. The van der Waals surface area contributed by atoms with Gasteiger partial charge in [-0.15, -0.1) is 0 Å². The molecule has 3 atom stereocenters. The predicted octanol–water partition coefficient (Wildman–Crippen LogP) is 3.39. The molecule has 1 heterocycles. The molecule has 3 rings (SSSR count). The molecule has 0 bridgehead atoms. The van der Waals surface area contributed by atoms with Gasteiger partial charge < -0.3 is 15.4 Å². The van der Waals surface area contributed by atoms with Crippen molar-refractivity contribution in [2.45, 2.75) is 31.9 Å². The maximum Gasteiger partial charge on any atom is 0.268 e. The highest BCUT2D eigenvalue weighted by Gasteiger charge is 2.32. The molecule has 132 valence electrons. The fourth-order valence-electron chi connectivity index (χ4n) is 3.33. The fraction of sp³-hybridized carbons (Fsp3) is 0.381. The minimum Gasteiger partial charge on any atom is -0.476 e. The van der Waals surface area contributed by atoms with Crippen LogP contribution in [0.4, 0.5) is 0 Å². The molecule has 0 aliphatic carbocycles. The van der Waals surface area contributed by atoms with Gasteiger partial charge in [-0.1, -0.05) is 48.5 Å². The maximum absolute atomic E-state index is 13.2. The smallest absolute Gasteiger partial charge is 0.268 e. The first-order chi connectivity index (χ1) is 12.1. The van der Waals surface area contributed by atoms with Gasteiger partial charge in [-0.25, -0.2) is 0 Å². The van der Waals surface area contributed by atoms with Crippen LogP contribution in [0.1, 0.15) is 31.4 Å². The number of benzene rings is 2. The Hall–Kier alpha value is -2.33. The summed E-state index contributed by atoms with van der Waals surface area (Å²) in [5.74, 6) is 1.07. The summed E-state index contributed by atoms with van der Waals surface area (Å²) >= 11 is 0. The lowest BCUT2D eigenvalue weighted by Gasteiger charge is -2.36. The first-order valence-corrected chi connectivity index (χ1v) is 8.96. The molecule has 2 aromatic carbocycles. The number of nitrogens with two attached hydrogens (primary N) is 1. The largest absolute Gasteiger partial charge is 0.476 e. The lowest BCUT2D eigenvalue weighted by Crippen LogP contribution is -2.47. The van der Waals surface area contributed by atoms with Gasteiger partial charge in [0.1, 0.15) is 5.75 Å². The average Bonchev–Trinajstić information content (AvgIpc) is 2.67. The van der Waals surface area contributed by atoms with Gasteiger partial charge in [0.15, 0.2) is 0 Å². The monoisotopic (exact) mass is 338 g/mol. The molecule has 4 nitrogen and oxygen atoms in total. The lowest BCUT2D eigenvalue weighted by atomic mass is 9.91. The van der Waals surface area contributed by atoms with Crippen molar-refractivity contribution in [2.24, 2.45) is 11.7 Å². The molecule has 0 spiro atoms. The number of para-hydroxylation sites is 1. The molecule has 1 aliphatic heterocycles. The molecule has 0 saturated carbocycles. The van der Waals surface area contributed by atoms with Crippen molar-refractivity contribution in [2.75, 3.05) is 13.1 Å². The number of ether oxygens (including phenoxy) is 1. The van der Waals surface area contributed by atoms with Crippen molar-refractivity contribution in [3.63, 3.8) is 0 Å². The summed E-state index contributed by atoms with van der Waals surface area (Å²) in [5, 5.41) is 0. The highest BCUT2D eigenvalue weighted by atomic mass is 16.5. The number of amides is 1. The van der Waals surface area contributed by atoms with Crippen molar-refractivity contribution < 1.29 is 9.53 Å².